The molecule has 0 N–H and O–H groups in total. The number of ether oxygens (including phenoxy) is 1. The maximum Gasteiger partial charge on any atom is 0.263 e. The lowest BCUT2D eigenvalue weighted by Gasteiger charge is -2.34. The van der Waals surface area contributed by atoms with Gasteiger partial charge in [-0.25, -0.2) is 0 Å². The topological polar surface area (TPSA) is 29.5 Å². The Balaban J connectivity index is 1.53. The van der Waals surface area contributed by atoms with E-state index in [1.54, 1.807) is 12.1 Å². The number of piperidine rings is 1. The van der Waals surface area contributed by atoms with Crippen LogP contribution in [0.5, 0.6) is 5.75 Å². The van der Waals surface area contributed by atoms with Crippen LogP contribution in [0.25, 0.3) is 0 Å². The molecule has 3 rings (SSSR count). The van der Waals surface area contributed by atoms with Gasteiger partial charge in [-0.1, -0.05) is 54.9 Å². The number of rotatable bonds is 6. The number of nitrogens with zero attached hydrogens (tertiary/aromatic N) is 1. The van der Waals surface area contributed by atoms with Crippen molar-refractivity contribution >= 4 is 17.5 Å². The van der Waals surface area contributed by atoms with Crippen molar-refractivity contribution in [2.45, 2.75) is 38.7 Å². The van der Waals surface area contributed by atoms with Gasteiger partial charge in [-0.15, -0.1) is 0 Å². The number of halogens is 1. The van der Waals surface area contributed by atoms with Gasteiger partial charge in [0.05, 0.1) is 0 Å². The second kappa shape index (κ2) is 9.09. The van der Waals surface area contributed by atoms with Crippen LogP contribution in [-0.4, -0.2) is 30.0 Å². The van der Waals surface area contributed by atoms with E-state index in [1.807, 2.05) is 24.0 Å². The molecule has 3 nitrogen and oxygen atoms in total. The van der Waals surface area contributed by atoms with Crippen LogP contribution >= 0.6 is 11.6 Å². The van der Waals surface area contributed by atoms with Gasteiger partial charge in [0.15, 0.2) is 6.10 Å². The number of amides is 1. The summed E-state index contributed by atoms with van der Waals surface area (Å²) >= 11 is 6.01. The van der Waals surface area contributed by atoms with Gasteiger partial charge in [-0.3, -0.25) is 4.79 Å². The third-order valence-corrected chi connectivity index (χ3v) is 5.25. The van der Waals surface area contributed by atoms with Crippen molar-refractivity contribution in [3.8, 4) is 5.75 Å². The summed E-state index contributed by atoms with van der Waals surface area (Å²) < 4.78 is 5.91. The van der Waals surface area contributed by atoms with Gasteiger partial charge >= 0.3 is 0 Å². The van der Waals surface area contributed by atoms with Gasteiger partial charge in [0, 0.05) is 18.1 Å². The lowest BCUT2D eigenvalue weighted by molar-refractivity contribution is -0.140. The molecular formula is C22H26ClNO2. The third-order valence-electron chi connectivity index (χ3n) is 5.01. The molecule has 1 heterocycles. The standard InChI is InChI=1S/C22H26ClNO2/c1-2-21(26-20-10-6-9-19(23)16-20)22(25)24-13-11-18(12-14-24)15-17-7-4-3-5-8-17/h3-10,16,18,21H,2,11-15H2,1H3. The third kappa shape index (κ3) is 5.01. The first-order valence-electron chi connectivity index (χ1n) is 9.40. The average molecular weight is 372 g/mol. The highest BCUT2D eigenvalue weighted by molar-refractivity contribution is 6.30. The van der Waals surface area contributed by atoms with Crippen LogP contribution < -0.4 is 4.74 Å². The van der Waals surface area contributed by atoms with Crippen LogP contribution in [0.4, 0.5) is 0 Å². The number of likely N-dealkylation sites (tertiary alicyclic amines) is 1. The predicted octanol–water partition coefficient (Wildman–Crippen LogP) is 4.98. The lowest BCUT2D eigenvalue weighted by atomic mass is 9.90. The molecule has 4 heteroatoms. The molecule has 1 unspecified atom stereocenters. The molecule has 1 saturated heterocycles. The zero-order valence-corrected chi connectivity index (χ0v) is 16.0. The molecule has 1 aliphatic rings. The zero-order chi connectivity index (χ0) is 18.4. The van der Waals surface area contributed by atoms with Gasteiger partial charge in [0.2, 0.25) is 0 Å². The molecule has 1 atom stereocenters. The molecule has 26 heavy (non-hydrogen) atoms. The summed E-state index contributed by atoms with van der Waals surface area (Å²) in [5, 5.41) is 0.617. The quantitative estimate of drug-likeness (QED) is 0.716. The molecule has 0 radical (unpaired) electrons. The summed E-state index contributed by atoms with van der Waals surface area (Å²) in [6.07, 6.45) is 3.40. The fourth-order valence-corrected chi connectivity index (χ4v) is 3.70. The molecule has 2 aromatic rings. The van der Waals surface area contributed by atoms with E-state index >= 15 is 0 Å². The molecular weight excluding hydrogens is 346 g/mol. The van der Waals surface area contributed by atoms with Crippen LogP contribution in [-0.2, 0) is 11.2 Å². The maximum absolute atomic E-state index is 12.9. The smallest absolute Gasteiger partial charge is 0.263 e. The highest BCUT2D eigenvalue weighted by Gasteiger charge is 2.28. The minimum atomic E-state index is -0.445. The summed E-state index contributed by atoms with van der Waals surface area (Å²) in [6, 6.07) is 17.8. The Labute approximate surface area is 160 Å². The van der Waals surface area contributed by atoms with Crippen molar-refractivity contribution in [3.05, 3.63) is 65.2 Å². The van der Waals surface area contributed by atoms with E-state index in [2.05, 4.69) is 30.3 Å². The number of carbonyl (C=O) groups excluding carboxylic acids is 1. The van der Waals surface area contributed by atoms with Crippen molar-refractivity contribution in [2.24, 2.45) is 5.92 Å². The second-order valence-electron chi connectivity index (χ2n) is 6.93. The zero-order valence-electron chi connectivity index (χ0n) is 15.2. The Kier molecular flexibility index (Phi) is 6.56. The normalized spacial score (nSPS) is 16.3. The molecule has 0 spiro atoms. The van der Waals surface area contributed by atoms with Crippen LogP contribution in [0.3, 0.4) is 0 Å². The Morgan fingerprint density at radius 1 is 1.15 bits per heavy atom. The van der Waals surface area contributed by atoms with Gasteiger partial charge in [-0.2, -0.15) is 0 Å². The highest BCUT2D eigenvalue weighted by atomic mass is 35.5. The van der Waals surface area contributed by atoms with Crippen LogP contribution in [0, 0.1) is 5.92 Å². The Hall–Kier alpha value is -2.00. The first kappa shape index (κ1) is 18.8. The fourth-order valence-electron chi connectivity index (χ4n) is 3.52. The summed E-state index contributed by atoms with van der Waals surface area (Å²) in [5.41, 5.74) is 1.38. The van der Waals surface area contributed by atoms with Crippen molar-refractivity contribution in [3.63, 3.8) is 0 Å². The van der Waals surface area contributed by atoms with E-state index in [0.717, 1.165) is 32.4 Å². The monoisotopic (exact) mass is 371 g/mol. The Morgan fingerprint density at radius 2 is 1.88 bits per heavy atom. The van der Waals surface area contributed by atoms with Crippen molar-refractivity contribution in [2.75, 3.05) is 13.1 Å². The predicted molar refractivity (Wildman–Crippen MR) is 106 cm³/mol. The maximum atomic E-state index is 12.9. The molecule has 0 aromatic heterocycles. The largest absolute Gasteiger partial charge is 0.481 e. The summed E-state index contributed by atoms with van der Waals surface area (Å²) in [6.45, 7) is 3.60. The van der Waals surface area contributed by atoms with E-state index in [0.29, 0.717) is 23.1 Å². The fraction of sp³-hybridized carbons (Fsp3) is 0.409. The minimum Gasteiger partial charge on any atom is -0.481 e. The van der Waals surface area contributed by atoms with E-state index in [4.69, 9.17) is 16.3 Å². The molecule has 2 aromatic carbocycles. The first-order valence-corrected chi connectivity index (χ1v) is 9.78. The van der Waals surface area contributed by atoms with Gasteiger partial charge in [0.1, 0.15) is 5.75 Å². The molecule has 1 fully saturated rings. The molecule has 0 aliphatic carbocycles. The van der Waals surface area contributed by atoms with E-state index in [1.165, 1.54) is 5.56 Å². The first-order chi connectivity index (χ1) is 12.7. The van der Waals surface area contributed by atoms with Crippen molar-refractivity contribution in [1.82, 2.24) is 4.90 Å². The number of hydrogen-bond donors (Lipinski definition) is 0. The highest BCUT2D eigenvalue weighted by Crippen LogP contribution is 2.24. The van der Waals surface area contributed by atoms with Gasteiger partial charge < -0.3 is 9.64 Å². The molecule has 1 amide bonds. The molecule has 0 bridgehead atoms. The lowest BCUT2D eigenvalue weighted by Crippen LogP contribution is -2.45. The second-order valence-corrected chi connectivity index (χ2v) is 7.37. The van der Waals surface area contributed by atoms with Crippen LogP contribution in [0.1, 0.15) is 31.7 Å². The number of benzene rings is 2. The molecule has 138 valence electrons. The minimum absolute atomic E-state index is 0.0886. The van der Waals surface area contributed by atoms with E-state index in [9.17, 15) is 4.79 Å². The Bertz CT molecular complexity index is 711. The van der Waals surface area contributed by atoms with Gasteiger partial charge in [-0.05, 0) is 55.4 Å². The van der Waals surface area contributed by atoms with Crippen LogP contribution in [0.2, 0.25) is 5.02 Å². The van der Waals surface area contributed by atoms with Crippen molar-refractivity contribution in [1.29, 1.82) is 0 Å². The van der Waals surface area contributed by atoms with Crippen molar-refractivity contribution < 1.29 is 9.53 Å². The Morgan fingerprint density at radius 3 is 2.54 bits per heavy atom. The van der Waals surface area contributed by atoms with Gasteiger partial charge in [0.25, 0.3) is 5.91 Å². The summed E-state index contributed by atoms with van der Waals surface area (Å²) in [7, 11) is 0. The van der Waals surface area contributed by atoms with E-state index in [-0.39, 0.29) is 5.91 Å². The number of hydrogen-bond acceptors (Lipinski definition) is 2. The van der Waals surface area contributed by atoms with E-state index < -0.39 is 6.10 Å². The summed E-state index contributed by atoms with van der Waals surface area (Å²) in [4.78, 5) is 14.8. The molecule has 1 aliphatic heterocycles. The SMILES string of the molecule is CCC(Oc1cccc(Cl)c1)C(=O)N1CCC(Cc2ccccc2)CC1. The number of carbonyl (C=O) groups is 1. The van der Waals surface area contributed by atoms with Crippen LogP contribution in [0.15, 0.2) is 54.6 Å². The molecule has 0 saturated carbocycles. The summed E-state index contributed by atoms with van der Waals surface area (Å²) in [5.74, 6) is 1.39. The average Bonchev–Trinajstić information content (AvgIpc) is 2.67.